The Morgan fingerprint density at radius 3 is 3.07 bits per heavy atom. The maximum atomic E-state index is 5.76. The van der Waals surface area contributed by atoms with E-state index in [4.69, 9.17) is 17.0 Å². The van der Waals surface area contributed by atoms with Gasteiger partial charge in [0.2, 0.25) is 0 Å². The molecule has 1 aromatic heterocycles. The average molecular weight is 227 g/mol. The molecule has 0 saturated carbocycles. The minimum atomic E-state index is -0.0635. The Kier molecular flexibility index (Phi) is 2.93. The Hall–Kier alpha value is -0.680. The molecular weight excluding hydrogens is 210 g/mol. The van der Waals surface area contributed by atoms with Crippen molar-refractivity contribution in [2.24, 2.45) is 0 Å². The lowest BCUT2D eigenvalue weighted by atomic mass is 10.0. The van der Waals surface area contributed by atoms with Crippen molar-refractivity contribution in [3.05, 3.63) is 10.6 Å². The second kappa shape index (κ2) is 4.06. The third-order valence-corrected chi connectivity index (χ3v) is 3.26. The number of aromatic amines is 1. The van der Waals surface area contributed by atoms with Gasteiger partial charge in [0.05, 0.1) is 12.1 Å². The second-order valence-corrected chi connectivity index (χ2v) is 4.67. The zero-order valence-corrected chi connectivity index (χ0v) is 10.1. The highest BCUT2D eigenvalue weighted by Crippen LogP contribution is 2.27. The summed E-state index contributed by atoms with van der Waals surface area (Å²) >= 11 is 5.21. The van der Waals surface area contributed by atoms with Crippen LogP contribution in [0.1, 0.15) is 32.5 Å². The van der Waals surface area contributed by atoms with E-state index in [1.807, 2.05) is 0 Å². The molecule has 4 nitrogen and oxygen atoms in total. The van der Waals surface area contributed by atoms with Gasteiger partial charge in [0.25, 0.3) is 0 Å². The van der Waals surface area contributed by atoms with Gasteiger partial charge in [0, 0.05) is 13.0 Å². The number of ether oxygens (including phenoxy) is 1. The number of hydrogen-bond donors (Lipinski definition) is 1. The van der Waals surface area contributed by atoms with Crippen molar-refractivity contribution in [2.75, 3.05) is 6.61 Å². The lowest BCUT2D eigenvalue weighted by Crippen LogP contribution is -2.30. The Labute approximate surface area is 94.6 Å². The van der Waals surface area contributed by atoms with Crippen molar-refractivity contribution in [2.45, 2.75) is 45.3 Å². The van der Waals surface area contributed by atoms with Gasteiger partial charge in [-0.05, 0) is 32.0 Å². The molecule has 1 aromatic rings. The molecule has 0 aromatic carbocycles. The Morgan fingerprint density at radius 2 is 2.47 bits per heavy atom. The first-order valence-electron chi connectivity index (χ1n) is 5.43. The summed E-state index contributed by atoms with van der Waals surface area (Å²) in [5, 5.41) is 7.04. The van der Waals surface area contributed by atoms with E-state index in [0.717, 1.165) is 38.2 Å². The number of hydrogen-bond acceptors (Lipinski definition) is 3. The predicted octanol–water partition coefficient (Wildman–Crippen LogP) is 2.07. The fourth-order valence-electron chi connectivity index (χ4n) is 2.08. The van der Waals surface area contributed by atoms with Gasteiger partial charge in [-0.15, -0.1) is 0 Å². The molecule has 1 N–H and O–H groups in total. The second-order valence-electron chi connectivity index (χ2n) is 4.29. The van der Waals surface area contributed by atoms with E-state index < -0.39 is 0 Å². The number of aromatic nitrogens is 3. The van der Waals surface area contributed by atoms with Gasteiger partial charge in [-0.3, -0.25) is 5.10 Å². The molecule has 1 aliphatic rings. The minimum absolute atomic E-state index is 0.0635. The van der Waals surface area contributed by atoms with Crippen LogP contribution in [0.15, 0.2) is 0 Å². The lowest BCUT2D eigenvalue weighted by Gasteiger charge is -2.24. The smallest absolute Gasteiger partial charge is 0.195 e. The minimum Gasteiger partial charge on any atom is -0.373 e. The molecule has 1 saturated heterocycles. The first-order valence-corrected chi connectivity index (χ1v) is 5.83. The molecule has 0 bridgehead atoms. The van der Waals surface area contributed by atoms with E-state index in [0.29, 0.717) is 4.77 Å². The molecule has 0 amide bonds. The van der Waals surface area contributed by atoms with Crippen LogP contribution in [0.4, 0.5) is 0 Å². The van der Waals surface area contributed by atoms with E-state index >= 15 is 0 Å². The van der Waals surface area contributed by atoms with E-state index in [9.17, 15) is 0 Å². The molecule has 0 radical (unpaired) electrons. The highest BCUT2D eigenvalue weighted by atomic mass is 32.1. The van der Waals surface area contributed by atoms with Crippen LogP contribution in [0.3, 0.4) is 0 Å². The number of nitrogens with zero attached hydrogens (tertiary/aromatic N) is 2. The molecule has 1 fully saturated rings. The number of H-pyrrole nitrogens is 1. The van der Waals surface area contributed by atoms with E-state index in [1.165, 1.54) is 0 Å². The van der Waals surface area contributed by atoms with Crippen molar-refractivity contribution >= 4 is 12.2 Å². The molecule has 1 unspecified atom stereocenters. The zero-order valence-electron chi connectivity index (χ0n) is 9.25. The van der Waals surface area contributed by atoms with Crippen molar-refractivity contribution in [1.29, 1.82) is 0 Å². The molecule has 5 heteroatoms. The highest BCUT2D eigenvalue weighted by molar-refractivity contribution is 7.71. The molecule has 1 aliphatic heterocycles. The molecule has 15 heavy (non-hydrogen) atoms. The molecule has 1 atom stereocenters. The summed E-state index contributed by atoms with van der Waals surface area (Å²) in [6.07, 6.45) is 3.13. The van der Waals surface area contributed by atoms with Crippen molar-refractivity contribution < 1.29 is 4.74 Å². The Bertz CT molecular complexity index is 390. The van der Waals surface area contributed by atoms with Crippen LogP contribution in [0.25, 0.3) is 0 Å². The summed E-state index contributed by atoms with van der Waals surface area (Å²) in [4.78, 5) is 0. The summed E-state index contributed by atoms with van der Waals surface area (Å²) in [6, 6.07) is 0. The molecule has 84 valence electrons. The monoisotopic (exact) mass is 227 g/mol. The fraction of sp³-hybridized carbons (Fsp3) is 0.800. The van der Waals surface area contributed by atoms with Gasteiger partial charge in [-0.25, -0.2) is 0 Å². The topological polar surface area (TPSA) is 42.8 Å². The maximum Gasteiger partial charge on any atom is 0.195 e. The number of aryl methyl sites for hydroxylation is 1. The summed E-state index contributed by atoms with van der Waals surface area (Å²) in [5.41, 5.74) is -0.0635. The standard InChI is InChI=1S/C10H17N3OS/c1-3-8-11-12-9(15)13(8)7-10(2)5-4-6-14-10/h3-7H2,1-2H3,(H,12,15). The fourth-order valence-corrected chi connectivity index (χ4v) is 2.29. The van der Waals surface area contributed by atoms with Crippen molar-refractivity contribution in [3.63, 3.8) is 0 Å². The van der Waals surface area contributed by atoms with Gasteiger partial charge < -0.3 is 9.30 Å². The summed E-state index contributed by atoms with van der Waals surface area (Å²) < 4.78 is 8.51. The normalized spacial score (nSPS) is 26.0. The quantitative estimate of drug-likeness (QED) is 0.804. The van der Waals surface area contributed by atoms with Crippen LogP contribution >= 0.6 is 12.2 Å². The predicted molar refractivity (Wildman–Crippen MR) is 60.4 cm³/mol. The highest BCUT2D eigenvalue weighted by Gasteiger charge is 2.31. The average Bonchev–Trinajstić information content (AvgIpc) is 2.76. The van der Waals surface area contributed by atoms with E-state index in [-0.39, 0.29) is 5.60 Å². The Morgan fingerprint density at radius 1 is 1.67 bits per heavy atom. The SMILES string of the molecule is CCc1n[nH]c(=S)n1CC1(C)CCCO1. The molecular formula is C10H17N3OS. The van der Waals surface area contributed by atoms with Gasteiger partial charge in [-0.1, -0.05) is 6.92 Å². The van der Waals surface area contributed by atoms with Gasteiger partial charge in [0.1, 0.15) is 5.82 Å². The Balaban J connectivity index is 2.22. The third-order valence-electron chi connectivity index (χ3n) is 2.95. The first-order chi connectivity index (χ1) is 7.14. The largest absolute Gasteiger partial charge is 0.373 e. The first kappa shape index (κ1) is 10.8. The van der Waals surface area contributed by atoms with Gasteiger partial charge in [-0.2, -0.15) is 5.10 Å². The number of nitrogens with one attached hydrogen (secondary N) is 1. The van der Waals surface area contributed by atoms with E-state index in [1.54, 1.807) is 0 Å². The molecule has 0 spiro atoms. The summed E-state index contributed by atoms with van der Waals surface area (Å²) in [6.45, 7) is 5.90. The van der Waals surface area contributed by atoms with Crippen molar-refractivity contribution in [1.82, 2.24) is 14.8 Å². The molecule has 2 rings (SSSR count). The van der Waals surface area contributed by atoms with Crippen LogP contribution in [0, 0.1) is 4.77 Å². The maximum absolute atomic E-state index is 5.76. The van der Waals surface area contributed by atoms with Crippen LogP contribution < -0.4 is 0 Å². The number of rotatable bonds is 3. The van der Waals surface area contributed by atoms with Gasteiger partial charge >= 0.3 is 0 Å². The van der Waals surface area contributed by atoms with Crippen LogP contribution in [-0.2, 0) is 17.7 Å². The summed E-state index contributed by atoms with van der Waals surface area (Å²) in [7, 11) is 0. The third kappa shape index (κ3) is 2.13. The van der Waals surface area contributed by atoms with Gasteiger partial charge in [0.15, 0.2) is 4.77 Å². The lowest BCUT2D eigenvalue weighted by molar-refractivity contribution is 0.00531. The molecule has 0 aliphatic carbocycles. The van der Waals surface area contributed by atoms with Crippen LogP contribution in [0.2, 0.25) is 0 Å². The molecule has 2 heterocycles. The van der Waals surface area contributed by atoms with Crippen molar-refractivity contribution in [3.8, 4) is 0 Å². The summed E-state index contributed by atoms with van der Waals surface area (Å²) in [5.74, 6) is 1.01. The van der Waals surface area contributed by atoms with E-state index in [2.05, 4.69) is 28.6 Å². The van der Waals surface area contributed by atoms with Crippen LogP contribution in [-0.4, -0.2) is 27.0 Å². The van der Waals surface area contributed by atoms with Crippen LogP contribution in [0.5, 0.6) is 0 Å². The zero-order chi connectivity index (χ0) is 10.9.